The lowest BCUT2D eigenvalue weighted by Gasteiger charge is -2.27. The monoisotopic (exact) mass is 309 g/mol. The van der Waals surface area contributed by atoms with Crippen LogP contribution in [-0.2, 0) is 14.8 Å². The molecule has 0 saturated carbocycles. The summed E-state index contributed by atoms with van der Waals surface area (Å²) in [5.74, 6) is 0. The van der Waals surface area contributed by atoms with Crippen LogP contribution < -0.4 is 5.32 Å². The number of rotatable bonds is 4. The van der Waals surface area contributed by atoms with Crippen molar-refractivity contribution in [3.63, 3.8) is 0 Å². The predicted octanol–water partition coefficient (Wildman–Crippen LogP) is 1.12. The molecule has 2 aliphatic heterocycles. The molecule has 0 bridgehead atoms. The molecule has 1 aromatic rings. The predicted molar refractivity (Wildman–Crippen MR) is 80.3 cm³/mol. The molecule has 0 atom stereocenters. The minimum Gasteiger partial charge on any atom is -0.381 e. The Balaban J connectivity index is 1.62. The summed E-state index contributed by atoms with van der Waals surface area (Å²) in [5, 5.41) is 3.38. The highest BCUT2D eigenvalue weighted by Crippen LogP contribution is 2.29. The molecule has 0 amide bonds. The molecular formula is C14H19N3O3S. The summed E-state index contributed by atoms with van der Waals surface area (Å²) in [4.78, 5) is 4.49. The van der Waals surface area contributed by atoms with E-state index in [4.69, 9.17) is 4.74 Å². The van der Waals surface area contributed by atoms with Crippen molar-refractivity contribution >= 4 is 22.0 Å². The average Bonchev–Trinajstić information content (AvgIpc) is 2.51. The van der Waals surface area contributed by atoms with Crippen LogP contribution in [0.15, 0.2) is 34.2 Å². The van der Waals surface area contributed by atoms with Crippen LogP contribution >= 0.6 is 0 Å². The zero-order valence-corrected chi connectivity index (χ0v) is 12.6. The van der Waals surface area contributed by atoms with E-state index in [-0.39, 0.29) is 4.90 Å². The quantitative estimate of drug-likeness (QED) is 0.905. The molecule has 0 spiro atoms. The van der Waals surface area contributed by atoms with Crippen LogP contribution in [-0.4, -0.2) is 51.4 Å². The van der Waals surface area contributed by atoms with Crippen LogP contribution in [0.4, 0.5) is 5.69 Å². The van der Waals surface area contributed by atoms with E-state index in [9.17, 15) is 8.42 Å². The molecular weight excluding hydrogens is 290 g/mol. The highest BCUT2D eigenvalue weighted by atomic mass is 32.2. The molecule has 0 radical (unpaired) electrons. The van der Waals surface area contributed by atoms with E-state index in [1.807, 2.05) is 0 Å². The van der Waals surface area contributed by atoms with Gasteiger partial charge < -0.3 is 10.1 Å². The van der Waals surface area contributed by atoms with Gasteiger partial charge in [-0.05, 0) is 25.0 Å². The number of benzene rings is 1. The largest absolute Gasteiger partial charge is 0.381 e. The third-order valence-corrected chi connectivity index (χ3v) is 5.56. The van der Waals surface area contributed by atoms with Gasteiger partial charge in [-0.2, -0.15) is 0 Å². The molecule has 21 heavy (non-hydrogen) atoms. The fraction of sp³-hybridized carbons (Fsp3) is 0.500. The Labute approximate surface area is 124 Å². The number of hydrogen-bond acceptors (Lipinski definition) is 5. The summed E-state index contributed by atoms with van der Waals surface area (Å²) in [6.45, 7) is 2.54. The molecule has 6 nitrogen and oxygen atoms in total. The number of sulfonamides is 1. The molecule has 0 aliphatic carbocycles. The normalized spacial score (nSPS) is 21.2. The van der Waals surface area contributed by atoms with E-state index in [2.05, 4.69) is 10.3 Å². The van der Waals surface area contributed by atoms with Gasteiger partial charge >= 0.3 is 0 Å². The van der Waals surface area contributed by atoms with Gasteiger partial charge in [0.05, 0.1) is 5.69 Å². The Morgan fingerprint density at radius 3 is 2.86 bits per heavy atom. The maximum Gasteiger partial charge on any atom is 0.267 e. The van der Waals surface area contributed by atoms with Crippen LogP contribution in [0.25, 0.3) is 0 Å². The third-order valence-electron chi connectivity index (χ3n) is 3.76. The van der Waals surface area contributed by atoms with Crippen LogP contribution in [0.3, 0.4) is 0 Å². The number of aliphatic imine (C=N–C) groups is 1. The highest BCUT2D eigenvalue weighted by Gasteiger charge is 2.28. The Morgan fingerprint density at radius 2 is 2.05 bits per heavy atom. The smallest absolute Gasteiger partial charge is 0.267 e. The molecule has 1 aromatic carbocycles. The van der Waals surface area contributed by atoms with Gasteiger partial charge in [0.1, 0.15) is 11.2 Å². The van der Waals surface area contributed by atoms with Gasteiger partial charge in [0.15, 0.2) is 0 Å². The lowest BCUT2D eigenvalue weighted by atomic mass is 10.1. The Bertz CT molecular complexity index is 624. The highest BCUT2D eigenvalue weighted by molar-refractivity contribution is 7.89. The van der Waals surface area contributed by atoms with Crippen LogP contribution in [0.5, 0.6) is 0 Å². The maximum atomic E-state index is 12.5. The number of fused-ring (bicyclic) bond motifs is 1. The van der Waals surface area contributed by atoms with E-state index in [0.717, 1.165) is 26.1 Å². The first-order valence-corrected chi connectivity index (χ1v) is 8.58. The van der Waals surface area contributed by atoms with Gasteiger partial charge in [0.25, 0.3) is 10.0 Å². The molecule has 1 saturated heterocycles. The van der Waals surface area contributed by atoms with Gasteiger partial charge in [0, 0.05) is 32.3 Å². The van der Waals surface area contributed by atoms with E-state index < -0.39 is 10.0 Å². The summed E-state index contributed by atoms with van der Waals surface area (Å²) >= 11 is 0. The minimum atomic E-state index is -3.47. The van der Waals surface area contributed by atoms with Crippen molar-refractivity contribution in [3.8, 4) is 0 Å². The number of para-hydroxylation sites is 1. The van der Waals surface area contributed by atoms with Crippen molar-refractivity contribution in [1.82, 2.24) is 9.62 Å². The number of nitrogens with one attached hydrogen (secondary N) is 1. The number of nitrogens with zero attached hydrogens (tertiary/aromatic N) is 2. The summed E-state index contributed by atoms with van der Waals surface area (Å²) in [6, 6.07) is 7.22. The first-order chi connectivity index (χ1) is 10.2. The molecule has 114 valence electrons. The van der Waals surface area contributed by atoms with E-state index in [0.29, 0.717) is 24.8 Å². The summed E-state index contributed by atoms with van der Waals surface area (Å²) in [7, 11) is -3.47. The van der Waals surface area contributed by atoms with Gasteiger partial charge in [-0.1, -0.05) is 12.1 Å². The Hall–Kier alpha value is -1.44. The molecule has 7 heteroatoms. The zero-order valence-electron chi connectivity index (χ0n) is 11.7. The average molecular weight is 309 g/mol. The molecule has 0 aromatic heterocycles. The second kappa shape index (κ2) is 6.13. The molecule has 0 unspecified atom stereocenters. The van der Waals surface area contributed by atoms with Crippen molar-refractivity contribution in [1.29, 1.82) is 0 Å². The lowest BCUT2D eigenvalue weighted by Crippen LogP contribution is -2.42. The van der Waals surface area contributed by atoms with Crippen molar-refractivity contribution in [2.24, 2.45) is 4.99 Å². The van der Waals surface area contributed by atoms with Crippen LogP contribution in [0.1, 0.15) is 12.8 Å². The summed E-state index contributed by atoms with van der Waals surface area (Å²) in [5.41, 5.74) is 0.506. The molecule has 2 aliphatic rings. The van der Waals surface area contributed by atoms with E-state index in [1.54, 1.807) is 24.3 Å². The zero-order chi connectivity index (χ0) is 14.7. The second-order valence-electron chi connectivity index (χ2n) is 5.17. The van der Waals surface area contributed by atoms with Gasteiger partial charge in [-0.25, -0.2) is 13.4 Å². The summed E-state index contributed by atoms with van der Waals surface area (Å²) < 4.78 is 31.6. The Morgan fingerprint density at radius 1 is 1.29 bits per heavy atom. The van der Waals surface area contributed by atoms with Crippen LogP contribution in [0.2, 0.25) is 0 Å². The lowest BCUT2D eigenvalue weighted by molar-refractivity contribution is 0.0780. The molecule has 1 N–H and O–H groups in total. The molecule has 2 heterocycles. The van der Waals surface area contributed by atoms with Gasteiger partial charge in [0.2, 0.25) is 0 Å². The van der Waals surface area contributed by atoms with Gasteiger partial charge in [-0.15, -0.1) is 0 Å². The fourth-order valence-electron chi connectivity index (χ4n) is 2.56. The van der Waals surface area contributed by atoms with E-state index >= 15 is 0 Å². The Kier molecular flexibility index (Phi) is 4.23. The van der Waals surface area contributed by atoms with Crippen LogP contribution in [0, 0.1) is 0 Å². The summed E-state index contributed by atoms with van der Waals surface area (Å²) in [6.07, 6.45) is 3.36. The molecule has 1 fully saturated rings. The van der Waals surface area contributed by atoms with E-state index in [1.165, 1.54) is 10.6 Å². The van der Waals surface area contributed by atoms with Crippen molar-refractivity contribution in [3.05, 3.63) is 24.3 Å². The standard InChI is InChI=1S/C14H19N3O3S/c18-21(19)14-4-2-1-3-13(14)16-11-17(21)8-7-15-12-5-9-20-10-6-12/h1-4,11-12,15H,5-10H2. The topological polar surface area (TPSA) is 71.0 Å². The van der Waals surface area contributed by atoms with Gasteiger partial charge in [-0.3, -0.25) is 4.31 Å². The SMILES string of the molecule is O=S1(=O)c2ccccc2N=CN1CCNC1CCOCC1. The maximum absolute atomic E-state index is 12.5. The molecule has 3 rings (SSSR count). The minimum absolute atomic E-state index is 0.276. The second-order valence-corrected chi connectivity index (χ2v) is 7.03. The number of ether oxygens (including phenoxy) is 1. The third kappa shape index (κ3) is 3.09. The van der Waals surface area contributed by atoms with Crippen molar-refractivity contribution < 1.29 is 13.2 Å². The van der Waals surface area contributed by atoms with Crippen molar-refractivity contribution in [2.45, 2.75) is 23.8 Å². The van der Waals surface area contributed by atoms with Crippen molar-refractivity contribution in [2.75, 3.05) is 26.3 Å². The number of hydrogen-bond donors (Lipinski definition) is 1. The first-order valence-electron chi connectivity index (χ1n) is 7.14. The first kappa shape index (κ1) is 14.5. The fourth-order valence-corrected chi connectivity index (χ4v) is 3.95.